The number of benzene rings is 1. The molecule has 2 heterocycles. The van der Waals surface area contributed by atoms with Crippen molar-refractivity contribution in [2.24, 2.45) is 5.92 Å². The summed E-state index contributed by atoms with van der Waals surface area (Å²) < 4.78 is 0. The van der Waals surface area contributed by atoms with Gasteiger partial charge in [0.2, 0.25) is 0 Å². The third kappa shape index (κ3) is 3.97. The van der Waals surface area contributed by atoms with Crippen LogP contribution in [-0.4, -0.2) is 37.6 Å². The van der Waals surface area contributed by atoms with Gasteiger partial charge >= 0.3 is 6.03 Å². The Kier molecular flexibility index (Phi) is 5.21. The van der Waals surface area contributed by atoms with Gasteiger partial charge < -0.3 is 15.5 Å². The van der Waals surface area contributed by atoms with Crippen LogP contribution in [-0.2, 0) is 0 Å². The third-order valence-electron chi connectivity index (χ3n) is 4.70. The van der Waals surface area contributed by atoms with E-state index in [-0.39, 0.29) is 6.03 Å². The maximum atomic E-state index is 12.3. The number of rotatable bonds is 4. The topological polar surface area (TPSA) is 44.4 Å². The number of urea groups is 1. The van der Waals surface area contributed by atoms with Gasteiger partial charge in [0.25, 0.3) is 0 Å². The number of aryl methyl sites for hydroxylation is 2. The second-order valence-corrected chi connectivity index (χ2v) is 7.74. The average molecular weight is 343 g/mol. The van der Waals surface area contributed by atoms with Gasteiger partial charge in [0, 0.05) is 36.1 Å². The monoisotopic (exact) mass is 343 g/mol. The fourth-order valence-electron chi connectivity index (χ4n) is 3.38. The van der Waals surface area contributed by atoms with E-state index < -0.39 is 0 Å². The summed E-state index contributed by atoms with van der Waals surface area (Å²) >= 11 is 1.81. The normalized spacial score (nSPS) is 21.0. The summed E-state index contributed by atoms with van der Waals surface area (Å²) in [4.78, 5) is 16.0. The number of nitrogens with zero attached hydrogens (tertiary/aromatic N) is 1. The predicted molar refractivity (Wildman–Crippen MR) is 101 cm³/mol. The summed E-state index contributed by atoms with van der Waals surface area (Å²) in [5.74, 6) is 0.967. The van der Waals surface area contributed by atoms with Crippen LogP contribution in [0, 0.1) is 19.8 Å². The van der Waals surface area contributed by atoms with E-state index in [1.807, 2.05) is 37.3 Å². The lowest BCUT2D eigenvalue weighted by Gasteiger charge is -2.18. The highest BCUT2D eigenvalue weighted by molar-refractivity contribution is 7.10. The Morgan fingerprint density at radius 2 is 2.12 bits per heavy atom. The molecular weight excluding hydrogens is 318 g/mol. The van der Waals surface area contributed by atoms with E-state index in [0.29, 0.717) is 18.4 Å². The van der Waals surface area contributed by atoms with Gasteiger partial charge in [0.1, 0.15) is 0 Å². The van der Waals surface area contributed by atoms with Crippen molar-refractivity contribution in [1.82, 2.24) is 10.2 Å². The first kappa shape index (κ1) is 17.0. The van der Waals surface area contributed by atoms with Crippen molar-refractivity contribution in [3.63, 3.8) is 0 Å². The summed E-state index contributed by atoms with van der Waals surface area (Å²) in [6.45, 7) is 6.82. The lowest BCUT2D eigenvalue weighted by Crippen LogP contribution is -2.35. The number of amides is 2. The summed E-state index contributed by atoms with van der Waals surface area (Å²) in [6.07, 6.45) is 0. The quantitative estimate of drug-likeness (QED) is 0.886. The van der Waals surface area contributed by atoms with Crippen LogP contribution in [0.25, 0.3) is 0 Å². The van der Waals surface area contributed by atoms with Crippen molar-refractivity contribution in [2.45, 2.75) is 19.8 Å². The first-order valence-electron chi connectivity index (χ1n) is 8.37. The highest BCUT2D eigenvalue weighted by atomic mass is 32.1. The summed E-state index contributed by atoms with van der Waals surface area (Å²) in [5, 5.41) is 8.17. The first-order chi connectivity index (χ1) is 11.5. The largest absolute Gasteiger partial charge is 0.338 e. The molecule has 1 aliphatic heterocycles. The van der Waals surface area contributed by atoms with Crippen LogP contribution < -0.4 is 10.6 Å². The van der Waals surface area contributed by atoms with Gasteiger partial charge in [-0.15, -0.1) is 11.3 Å². The molecule has 1 fully saturated rings. The highest BCUT2D eigenvalue weighted by Gasteiger charge is 2.32. The number of thiophene rings is 1. The van der Waals surface area contributed by atoms with E-state index in [4.69, 9.17) is 0 Å². The molecule has 2 N–H and O–H groups in total. The van der Waals surface area contributed by atoms with Crippen molar-refractivity contribution < 1.29 is 4.79 Å². The Morgan fingerprint density at radius 1 is 1.29 bits per heavy atom. The van der Waals surface area contributed by atoms with Crippen LogP contribution in [0.15, 0.2) is 35.7 Å². The molecule has 1 aromatic carbocycles. The van der Waals surface area contributed by atoms with Gasteiger partial charge in [-0.05, 0) is 55.5 Å². The Balaban J connectivity index is 1.58. The van der Waals surface area contributed by atoms with Crippen molar-refractivity contribution in [2.75, 3.05) is 32.0 Å². The van der Waals surface area contributed by atoms with E-state index in [2.05, 4.69) is 46.2 Å². The zero-order valence-corrected chi connectivity index (χ0v) is 15.3. The second kappa shape index (κ2) is 7.36. The number of carbonyl (C=O) groups excluding carboxylic acids is 1. The Labute approximate surface area is 147 Å². The summed E-state index contributed by atoms with van der Waals surface area (Å²) in [5.41, 5.74) is 3.10. The van der Waals surface area contributed by atoms with E-state index in [9.17, 15) is 4.79 Å². The van der Waals surface area contributed by atoms with Crippen molar-refractivity contribution in [1.29, 1.82) is 0 Å². The van der Waals surface area contributed by atoms with Gasteiger partial charge in [-0.25, -0.2) is 4.79 Å². The molecule has 3 rings (SSSR count). The molecule has 1 aromatic heterocycles. The molecule has 128 valence electrons. The van der Waals surface area contributed by atoms with E-state index >= 15 is 0 Å². The van der Waals surface area contributed by atoms with Gasteiger partial charge in [-0.2, -0.15) is 0 Å². The van der Waals surface area contributed by atoms with Gasteiger partial charge in [-0.3, -0.25) is 0 Å². The Bertz CT molecular complexity index is 699. The van der Waals surface area contributed by atoms with Crippen LogP contribution in [0.2, 0.25) is 0 Å². The number of likely N-dealkylation sites (tertiary alicyclic amines) is 1. The number of nitrogens with one attached hydrogen (secondary N) is 2. The molecule has 24 heavy (non-hydrogen) atoms. The fraction of sp³-hybridized carbons (Fsp3) is 0.421. The lowest BCUT2D eigenvalue weighted by atomic mass is 9.94. The first-order valence-corrected chi connectivity index (χ1v) is 9.25. The minimum atomic E-state index is -0.122. The van der Waals surface area contributed by atoms with Crippen LogP contribution in [0.3, 0.4) is 0 Å². The van der Waals surface area contributed by atoms with E-state index in [1.165, 1.54) is 4.88 Å². The number of carbonyl (C=O) groups is 1. The number of hydrogen-bond donors (Lipinski definition) is 2. The van der Waals surface area contributed by atoms with Gasteiger partial charge in [0.15, 0.2) is 0 Å². The summed E-state index contributed by atoms with van der Waals surface area (Å²) in [7, 11) is 2.15. The second-order valence-electron chi connectivity index (χ2n) is 6.76. The molecule has 2 aromatic rings. The molecule has 0 radical (unpaired) electrons. The number of hydrogen-bond acceptors (Lipinski definition) is 3. The number of likely N-dealkylation sites (N-methyl/N-ethyl adjacent to an activating group) is 1. The molecule has 0 saturated carbocycles. The SMILES string of the molecule is Cc1ccc(C)c(NC(=O)NC[C@@H]2CN(C)C[C@@H]2c2cccs2)c1. The molecule has 4 nitrogen and oxygen atoms in total. The molecule has 5 heteroatoms. The number of anilines is 1. The van der Waals surface area contributed by atoms with Gasteiger partial charge in [-0.1, -0.05) is 18.2 Å². The standard InChI is InChI=1S/C19H25N3OS/c1-13-6-7-14(2)17(9-13)21-19(23)20-10-15-11-22(3)12-16(15)18-5-4-8-24-18/h4-9,15-16H,10-12H2,1-3H3,(H2,20,21,23)/t15-,16+/m1/s1. The van der Waals surface area contributed by atoms with E-state index in [0.717, 1.165) is 29.9 Å². The van der Waals surface area contributed by atoms with Crippen LogP contribution in [0.4, 0.5) is 10.5 Å². The minimum absolute atomic E-state index is 0.122. The Hall–Kier alpha value is -1.85. The van der Waals surface area contributed by atoms with Crippen molar-refractivity contribution in [3.05, 3.63) is 51.7 Å². The molecule has 0 unspecified atom stereocenters. The molecule has 1 saturated heterocycles. The third-order valence-corrected chi connectivity index (χ3v) is 5.70. The van der Waals surface area contributed by atoms with Crippen LogP contribution in [0.5, 0.6) is 0 Å². The van der Waals surface area contributed by atoms with Crippen LogP contribution >= 0.6 is 11.3 Å². The molecular formula is C19H25N3OS. The molecule has 0 spiro atoms. The maximum absolute atomic E-state index is 12.3. The lowest BCUT2D eigenvalue weighted by molar-refractivity contribution is 0.249. The minimum Gasteiger partial charge on any atom is -0.338 e. The molecule has 2 atom stereocenters. The maximum Gasteiger partial charge on any atom is 0.319 e. The van der Waals surface area contributed by atoms with Crippen molar-refractivity contribution in [3.8, 4) is 0 Å². The average Bonchev–Trinajstić information content (AvgIpc) is 3.18. The predicted octanol–water partition coefficient (Wildman–Crippen LogP) is 3.83. The Morgan fingerprint density at radius 3 is 2.88 bits per heavy atom. The van der Waals surface area contributed by atoms with Gasteiger partial charge in [0.05, 0.1) is 0 Å². The fourth-order valence-corrected chi connectivity index (χ4v) is 4.29. The zero-order valence-electron chi connectivity index (χ0n) is 14.5. The highest BCUT2D eigenvalue weighted by Crippen LogP contribution is 2.34. The zero-order chi connectivity index (χ0) is 17.1. The van der Waals surface area contributed by atoms with Crippen molar-refractivity contribution >= 4 is 23.1 Å². The van der Waals surface area contributed by atoms with E-state index in [1.54, 1.807) is 0 Å². The molecule has 0 aliphatic carbocycles. The molecule has 0 bridgehead atoms. The molecule has 2 amide bonds. The smallest absolute Gasteiger partial charge is 0.319 e. The summed E-state index contributed by atoms with van der Waals surface area (Å²) in [6, 6.07) is 10.3. The molecule has 1 aliphatic rings. The van der Waals surface area contributed by atoms with Crippen LogP contribution in [0.1, 0.15) is 21.9 Å².